The third-order valence-electron chi connectivity index (χ3n) is 2.30. The molecular formula is C12H15N3O. The molecule has 0 bridgehead atoms. The average molecular weight is 217 g/mol. The summed E-state index contributed by atoms with van der Waals surface area (Å²) in [6.07, 6.45) is 8.06. The lowest BCUT2D eigenvalue weighted by Crippen LogP contribution is -2.16. The molecule has 0 unspecified atom stereocenters. The molecule has 2 heterocycles. The van der Waals surface area contributed by atoms with Crippen LogP contribution in [0.4, 0.5) is 0 Å². The first kappa shape index (κ1) is 10.7. The fraction of sp³-hybridized carbons (Fsp3) is 0.250. The zero-order valence-corrected chi connectivity index (χ0v) is 9.10. The van der Waals surface area contributed by atoms with E-state index >= 15 is 0 Å². The Bertz CT molecular complexity index is 431. The summed E-state index contributed by atoms with van der Waals surface area (Å²) in [5.74, 6) is 1.01. The lowest BCUT2D eigenvalue weighted by molar-refractivity contribution is 0.499. The molecule has 0 radical (unpaired) electrons. The van der Waals surface area contributed by atoms with E-state index in [9.17, 15) is 0 Å². The molecule has 0 aromatic carbocycles. The van der Waals surface area contributed by atoms with Crippen molar-refractivity contribution in [1.82, 2.24) is 15.1 Å². The van der Waals surface area contributed by atoms with Crippen molar-refractivity contribution in [3.63, 3.8) is 0 Å². The first-order valence-electron chi connectivity index (χ1n) is 5.27. The van der Waals surface area contributed by atoms with Crippen molar-refractivity contribution in [1.29, 1.82) is 0 Å². The molecule has 0 aliphatic rings. The van der Waals surface area contributed by atoms with Crippen LogP contribution in [-0.2, 0) is 13.0 Å². The molecular weight excluding hydrogens is 202 g/mol. The van der Waals surface area contributed by atoms with E-state index < -0.39 is 0 Å². The molecule has 2 rings (SSSR count). The Balaban J connectivity index is 1.70. The number of hydrogen-bond donors (Lipinski definition) is 1. The zero-order valence-electron chi connectivity index (χ0n) is 9.10. The van der Waals surface area contributed by atoms with E-state index in [1.165, 1.54) is 0 Å². The topological polar surface area (TPSA) is 43.0 Å². The van der Waals surface area contributed by atoms with Gasteiger partial charge in [0.25, 0.3) is 0 Å². The van der Waals surface area contributed by atoms with Gasteiger partial charge in [-0.25, -0.2) is 4.68 Å². The third-order valence-corrected chi connectivity index (χ3v) is 2.30. The van der Waals surface area contributed by atoms with Gasteiger partial charge in [-0.2, -0.15) is 5.10 Å². The van der Waals surface area contributed by atoms with E-state index in [-0.39, 0.29) is 0 Å². The van der Waals surface area contributed by atoms with Crippen LogP contribution in [0.5, 0.6) is 0 Å². The molecule has 0 fully saturated rings. The predicted octanol–water partition coefficient (Wildman–Crippen LogP) is 1.91. The summed E-state index contributed by atoms with van der Waals surface area (Å²) in [5, 5.41) is 7.43. The number of nitrogens with one attached hydrogen (secondary N) is 1. The monoisotopic (exact) mass is 217 g/mol. The number of rotatable bonds is 6. The summed E-state index contributed by atoms with van der Waals surface area (Å²) in [6.45, 7) is 5.35. The summed E-state index contributed by atoms with van der Waals surface area (Å²) < 4.78 is 6.94. The predicted molar refractivity (Wildman–Crippen MR) is 62.7 cm³/mol. The van der Waals surface area contributed by atoms with Crippen LogP contribution in [0.2, 0.25) is 0 Å². The SMILES string of the molecule is C=Cn1cc(CNCCc2ccco2)cn1. The molecule has 0 spiro atoms. The van der Waals surface area contributed by atoms with Gasteiger partial charge < -0.3 is 9.73 Å². The summed E-state index contributed by atoms with van der Waals surface area (Å²) in [7, 11) is 0. The first-order valence-corrected chi connectivity index (χ1v) is 5.27. The van der Waals surface area contributed by atoms with Gasteiger partial charge in [-0.3, -0.25) is 0 Å². The molecule has 2 aromatic rings. The van der Waals surface area contributed by atoms with Crippen LogP contribution < -0.4 is 5.32 Å². The van der Waals surface area contributed by atoms with E-state index in [1.807, 2.05) is 24.5 Å². The lowest BCUT2D eigenvalue weighted by Gasteiger charge is -2.00. The van der Waals surface area contributed by atoms with Crippen molar-refractivity contribution in [2.45, 2.75) is 13.0 Å². The summed E-state index contributed by atoms with van der Waals surface area (Å²) in [6, 6.07) is 3.89. The first-order chi connectivity index (χ1) is 7.88. The quantitative estimate of drug-likeness (QED) is 0.752. The molecule has 0 saturated heterocycles. The van der Waals surface area contributed by atoms with Gasteiger partial charge in [-0.1, -0.05) is 6.58 Å². The molecule has 0 atom stereocenters. The highest BCUT2D eigenvalue weighted by Crippen LogP contribution is 2.00. The van der Waals surface area contributed by atoms with Gasteiger partial charge in [-0.05, 0) is 12.1 Å². The molecule has 84 valence electrons. The van der Waals surface area contributed by atoms with Gasteiger partial charge in [0.15, 0.2) is 0 Å². The number of aromatic nitrogens is 2. The molecule has 0 amide bonds. The van der Waals surface area contributed by atoms with Crippen LogP contribution in [0.1, 0.15) is 11.3 Å². The minimum atomic E-state index is 0.814. The van der Waals surface area contributed by atoms with Gasteiger partial charge in [0, 0.05) is 37.5 Å². The standard InChI is InChI=1S/C12H15N3O/c1-2-15-10-11(9-14-15)8-13-6-5-12-4-3-7-16-12/h2-4,7,9-10,13H,1,5-6,8H2. The maximum atomic E-state index is 5.24. The second-order valence-electron chi connectivity index (χ2n) is 3.52. The van der Waals surface area contributed by atoms with Crippen molar-refractivity contribution < 1.29 is 4.42 Å². The molecule has 1 N–H and O–H groups in total. The van der Waals surface area contributed by atoms with Crippen molar-refractivity contribution in [3.8, 4) is 0 Å². The number of furan rings is 1. The van der Waals surface area contributed by atoms with Crippen LogP contribution in [0.25, 0.3) is 6.20 Å². The highest BCUT2D eigenvalue weighted by Gasteiger charge is 1.97. The molecule has 0 saturated carbocycles. The highest BCUT2D eigenvalue weighted by molar-refractivity contribution is 5.17. The second-order valence-corrected chi connectivity index (χ2v) is 3.52. The van der Waals surface area contributed by atoms with E-state index in [2.05, 4.69) is 17.0 Å². The fourth-order valence-electron chi connectivity index (χ4n) is 1.47. The largest absolute Gasteiger partial charge is 0.469 e. The highest BCUT2D eigenvalue weighted by atomic mass is 16.3. The second kappa shape index (κ2) is 5.32. The molecule has 0 aliphatic heterocycles. The molecule has 0 aliphatic carbocycles. The van der Waals surface area contributed by atoms with E-state index in [0.29, 0.717) is 0 Å². The zero-order chi connectivity index (χ0) is 11.2. The van der Waals surface area contributed by atoms with Crippen molar-refractivity contribution in [2.24, 2.45) is 0 Å². The Labute approximate surface area is 94.6 Å². The van der Waals surface area contributed by atoms with E-state index in [0.717, 1.165) is 30.8 Å². The van der Waals surface area contributed by atoms with Crippen molar-refractivity contribution in [3.05, 3.63) is 48.7 Å². The summed E-state index contributed by atoms with van der Waals surface area (Å²) in [4.78, 5) is 0. The van der Waals surface area contributed by atoms with Crippen molar-refractivity contribution >= 4 is 6.20 Å². The number of hydrogen-bond acceptors (Lipinski definition) is 3. The maximum Gasteiger partial charge on any atom is 0.105 e. The Morgan fingerprint density at radius 1 is 1.56 bits per heavy atom. The fourth-order valence-corrected chi connectivity index (χ4v) is 1.47. The van der Waals surface area contributed by atoms with E-state index in [4.69, 9.17) is 4.42 Å². The number of nitrogens with zero attached hydrogens (tertiary/aromatic N) is 2. The van der Waals surface area contributed by atoms with Gasteiger partial charge in [-0.15, -0.1) is 0 Å². The average Bonchev–Trinajstić information content (AvgIpc) is 2.95. The Hall–Kier alpha value is -1.81. The molecule has 16 heavy (non-hydrogen) atoms. The van der Waals surface area contributed by atoms with Gasteiger partial charge in [0.05, 0.1) is 12.5 Å². The minimum absolute atomic E-state index is 0.814. The lowest BCUT2D eigenvalue weighted by atomic mass is 10.3. The van der Waals surface area contributed by atoms with Gasteiger partial charge in [0.1, 0.15) is 5.76 Å². The minimum Gasteiger partial charge on any atom is -0.469 e. The van der Waals surface area contributed by atoms with Gasteiger partial charge >= 0.3 is 0 Å². The smallest absolute Gasteiger partial charge is 0.105 e. The molecule has 4 nitrogen and oxygen atoms in total. The summed E-state index contributed by atoms with van der Waals surface area (Å²) in [5.41, 5.74) is 1.15. The molecule has 4 heteroatoms. The molecule has 2 aromatic heterocycles. The Morgan fingerprint density at radius 3 is 3.19 bits per heavy atom. The third kappa shape index (κ3) is 2.84. The van der Waals surface area contributed by atoms with Crippen LogP contribution in [0, 0.1) is 0 Å². The normalized spacial score (nSPS) is 10.5. The van der Waals surface area contributed by atoms with E-state index in [1.54, 1.807) is 17.1 Å². The van der Waals surface area contributed by atoms with Crippen LogP contribution in [0.15, 0.2) is 41.8 Å². The summed E-state index contributed by atoms with van der Waals surface area (Å²) >= 11 is 0. The Kier molecular flexibility index (Phi) is 3.56. The van der Waals surface area contributed by atoms with Crippen molar-refractivity contribution in [2.75, 3.05) is 6.54 Å². The van der Waals surface area contributed by atoms with Crippen LogP contribution >= 0.6 is 0 Å². The maximum absolute atomic E-state index is 5.24. The van der Waals surface area contributed by atoms with Crippen LogP contribution in [-0.4, -0.2) is 16.3 Å². The Morgan fingerprint density at radius 2 is 2.50 bits per heavy atom. The van der Waals surface area contributed by atoms with Gasteiger partial charge in [0.2, 0.25) is 0 Å². The van der Waals surface area contributed by atoms with Crippen LogP contribution in [0.3, 0.4) is 0 Å².